The topological polar surface area (TPSA) is 59.2 Å². The zero-order chi connectivity index (χ0) is 14.3. The highest BCUT2D eigenvalue weighted by molar-refractivity contribution is 5.95. The average Bonchev–Trinajstić information content (AvgIpc) is 2.72. The Labute approximate surface area is 117 Å². The van der Waals surface area contributed by atoms with Gasteiger partial charge in [-0.15, -0.1) is 0 Å². The predicted molar refractivity (Wildman–Crippen MR) is 73.6 cm³/mol. The molecule has 1 aliphatic heterocycles. The first kappa shape index (κ1) is 12.8. The SMILES string of the molecule is Cc1cc(C)cc(C(=O)N2CC(c3nc(C)no3)C2)c1. The number of benzene rings is 1. The molecule has 1 fully saturated rings. The first-order chi connectivity index (χ1) is 9.52. The molecule has 5 heteroatoms. The van der Waals surface area contributed by atoms with Crippen LogP contribution >= 0.6 is 0 Å². The highest BCUT2D eigenvalue weighted by atomic mass is 16.5. The summed E-state index contributed by atoms with van der Waals surface area (Å²) in [5.41, 5.74) is 2.97. The van der Waals surface area contributed by atoms with Crippen LogP contribution in [0, 0.1) is 20.8 Å². The molecule has 0 bridgehead atoms. The van der Waals surface area contributed by atoms with Crippen molar-refractivity contribution in [1.82, 2.24) is 15.0 Å². The second kappa shape index (κ2) is 4.74. The van der Waals surface area contributed by atoms with Crippen LogP contribution in [-0.4, -0.2) is 34.0 Å². The number of hydrogen-bond donors (Lipinski definition) is 0. The van der Waals surface area contributed by atoms with E-state index in [2.05, 4.69) is 16.2 Å². The molecule has 0 aliphatic carbocycles. The average molecular weight is 271 g/mol. The fraction of sp³-hybridized carbons (Fsp3) is 0.400. The molecule has 0 unspecified atom stereocenters. The number of nitrogens with zero attached hydrogens (tertiary/aromatic N) is 3. The van der Waals surface area contributed by atoms with Crippen LogP contribution in [0.25, 0.3) is 0 Å². The summed E-state index contributed by atoms with van der Waals surface area (Å²) in [6.45, 7) is 7.10. The van der Waals surface area contributed by atoms with Gasteiger partial charge in [-0.05, 0) is 32.9 Å². The zero-order valence-corrected chi connectivity index (χ0v) is 11.9. The first-order valence-electron chi connectivity index (χ1n) is 6.70. The maximum absolute atomic E-state index is 12.4. The Kier molecular flexibility index (Phi) is 3.04. The Morgan fingerprint density at radius 3 is 2.40 bits per heavy atom. The van der Waals surface area contributed by atoms with Crippen molar-refractivity contribution in [2.75, 3.05) is 13.1 Å². The molecule has 0 spiro atoms. The van der Waals surface area contributed by atoms with Gasteiger partial charge >= 0.3 is 0 Å². The molecule has 5 nitrogen and oxygen atoms in total. The van der Waals surface area contributed by atoms with Crippen molar-refractivity contribution in [3.05, 3.63) is 46.6 Å². The maximum Gasteiger partial charge on any atom is 0.253 e. The molecule has 0 saturated carbocycles. The Hall–Kier alpha value is -2.17. The van der Waals surface area contributed by atoms with E-state index in [1.165, 1.54) is 0 Å². The van der Waals surface area contributed by atoms with Crippen molar-refractivity contribution in [3.63, 3.8) is 0 Å². The summed E-state index contributed by atoms with van der Waals surface area (Å²) in [6.07, 6.45) is 0. The summed E-state index contributed by atoms with van der Waals surface area (Å²) >= 11 is 0. The minimum absolute atomic E-state index is 0.0734. The van der Waals surface area contributed by atoms with Crippen molar-refractivity contribution < 1.29 is 9.32 Å². The van der Waals surface area contributed by atoms with Crippen molar-refractivity contribution in [2.24, 2.45) is 0 Å². The highest BCUT2D eigenvalue weighted by Gasteiger charge is 2.35. The molecular weight excluding hydrogens is 254 g/mol. The van der Waals surface area contributed by atoms with E-state index in [9.17, 15) is 4.79 Å². The van der Waals surface area contributed by atoms with Gasteiger partial charge in [0.15, 0.2) is 5.82 Å². The molecule has 1 amide bonds. The standard InChI is InChI=1S/C15H17N3O2/c1-9-4-10(2)6-12(5-9)15(19)18-7-13(8-18)14-16-11(3)17-20-14/h4-6,13H,7-8H2,1-3H3. The molecule has 1 saturated heterocycles. The monoisotopic (exact) mass is 271 g/mol. The van der Waals surface area contributed by atoms with Gasteiger partial charge in [0.25, 0.3) is 5.91 Å². The number of amides is 1. The van der Waals surface area contributed by atoms with E-state index in [-0.39, 0.29) is 11.8 Å². The molecule has 1 aromatic heterocycles. The first-order valence-corrected chi connectivity index (χ1v) is 6.70. The molecule has 0 radical (unpaired) electrons. The summed E-state index contributed by atoms with van der Waals surface area (Å²) in [5.74, 6) is 1.52. The minimum atomic E-state index is 0.0734. The van der Waals surface area contributed by atoms with E-state index in [0.717, 1.165) is 16.7 Å². The van der Waals surface area contributed by atoms with E-state index in [1.54, 1.807) is 6.92 Å². The van der Waals surface area contributed by atoms with Gasteiger partial charge in [-0.2, -0.15) is 4.98 Å². The Morgan fingerprint density at radius 1 is 1.20 bits per heavy atom. The molecule has 0 N–H and O–H groups in total. The molecule has 1 aliphatic rings. The van der Waals surface area contributed by atoms with Crippen LogP contribution in [0.3, 0.4) is 0 Å². The molecule has 20 heavy (non-hydrogen) atoms. The van der Waals surface area contributed by atoms with Gasteiger partial charge in [0.2, 0.25) is 5.89 Å². The summed E-state index contributed by atoms with van der Waals surface area (Å²) in [5, 5.41) is 3.78. The van der Waals surface area contributed by atoms with E-state index in [1.807, 2.05) is 30.9 Å². The normalized spacial score (nSPS) is 15.2. The molecule has 0 atom stereocenters. The second-order valence-corrected chi connectivity index (χ2v) is 5.46. The number of aryl methyl sites for hydroxylation is 3. The van der Waals surface area contributed by atoms with Gasteiger partial charge in [0.1, 0.15) is 0 Å². The van der Waals surface area contributed by atoms with Crippen LogP contribution in [0.5, 0.6) is 0 Å². The lowest BCUT2D eigenvalue weighted by Gasteiger charge is -2.37. The molecule has 3 rings (SSSR count). The van der Waals surface area contributed by atoms with E-state index < -0.39 is 0 Å². The quantitative estimate of drug-likeness (QED) is 0.840. The molecular formula is C15H17N3O2. The van der Waals surface area contributed by atoms with Crippen LogP contribution in [-0.2, 0) is 0 Å². The van der Waals surface area contributed by atoms with Crippen molar-refractivity contribution in [3.8, 4) is 0 Å². The number of carbonyl (C=O) groups excluding carboxylic acids is 1. The van der Waals surface area contributed by atoms with Gasteiger partial charge in [-0.3, -0.25) is 4.79 Å². The largest absolute Gasteiger partial charge is 0.339 e. The van der Waals surface area contributed by atoms with Gasteiger partial charge in [0.05, 0.1) is 5.92 Å². The van der Waals surface area contributed by atoms with Crippen molar-refractivity contribution >= 4 is 5.91 Å². The summed E-state index contributed by atoms with van der Waals surface area (Å²) in [4.78, 5) is 18.4. The zero-order valence-electron chi connectivity index (χ0n) is 11.9. The fourth-order valence-corrected chi connectivity index (χ4v) is 2.56. The van der Waals surface area contributed by atoms with Crippen LogP contribution in [0.1, 0.15) is 39.1 Å². The predicted octanol–water partition coefficient (Wildman–Crippen LogP) is 2.23. The molecule has 1 aromatic carbocycles. The smallest absolute Gasteiger partial charge is 0.253 e. The van der Waals surface area contributed by atoms with Gasteiger partial charge < -0.3 is 9.42 Å². The Balaban J connectivity index is 1.69. The third-order valence-electron chi connectivity index (χ3n) is 3.53. The van der Waals surface area contributed by atoms with Crippen molar-refractivity contribution in [2.45, 2.75) is 26.7 Å². The lowest BCUT2D eigenvalue weighted by atomic mass is 9.98. The second-order valence-electron chi connectivity index (χ2n) is 5.46. The third-order valence-corrected chi connectivity index (χ3v) is 3.53. The summed E-state index contributed by atoms with van der Waals surface area (Å²) in [6, 6.07) is 5.93. The minimum Gasteiger partial charge on any atom is -0.339 e. The number of rotatable bonds is 2. The van der Waals surface area contributed by atoms with Crippen LogP contribution in [0.2, 0.25) is 0 Å². The lowest BCUT2D eigenvalue weighted by Crippen LogP contribution is -2.48. The van der Waals surface area contributed by atoms with Gasteiger partial charge in [-0.25, -0.2) is 0 Å². The molecule has 104 valence electrons. The Morgan fingerprint density at radius 2 is 1.85 bits per heavy atom. The number of likely N-dealkylation sites (tertiary alicyclic amines) is 1. The van der Waals surface area contributed by atoms with Crippen LogP contribution in [0.4, 0.5) is 0 Å². The summed E-state index contributed by atoms with van der Waals surface area (Å²) in [7, 11) is 0. The van der Waals surface area contributed by atoms with Crippen LogP contribution < -0.4 is 0 Å². The van der Waals surface area contributed by atoms with E-state index in [4.69, 9.17) is 4.52 Å². The number of carbonyl (C=O) groups is 1. The fourth-order valence-electron chi connectivity index (χ4n) is 2.56. The highest BCUT2D eigenvalue weighted by Crippen LogP contribution is 2.27. The Bertz CT molecular complexity index is 637. The maximum atomic E-state index is 12.4. The lowest BCUT2D eigenvalue weighted by molar-refractivity contribution is 0.0569. The van der Waals surface area contributed by atoms with E-state index in [0.29, 0.717) is 24.8 Å². The van der Waals surface area contributed by atoms with Gasteiger partial charge in [-0.1, -0.05) is 22.3 Å². The van der Waals surface area contributed by atoms with Crippen molar-refractivity contribution in [1.29, 1.82) is 0 Å². The summed E-state index contributed by atoms with van der Waals surface area (Å²) < 4.78 is 5.14. The third kappa shape index (κ3) is 2.31. The number of hydrogen-bond acceptors (Lipinski definition) is 4. The number of aromatic nitrogens is 2. The molecule has 2 heterocycles. The van der Waals surface area contributed by atoms with Gasteiger partial charge in [0, 0.05) is 18.7 Å². The molecule has 2 aromatic rings. The van der Waals surface area contributed by atoms with E-state index >= 15 is 0 Å². The van der Waals surface area contributed by atoms with Crippen LogP contribution in [0.15, 0.2) is 22.7 Å².